The van der Waals surface area contributed by atoms with E-state index < -0.39 is 0 Å². The van der Waals surface area contributed by atoms with Crippen LogP contribution in [0.1, 0.15) is 0 Å². The molecule has 0 unspecified atom stereocenters. The predicted octanol–water partition coefficient (Wildman–Crippen LogP) is -2.66. The molecule has 1 rings (SSSR count). The minimum atomic E-state index is -0.135. The Kier molecular flexibility index (Phi) is 14.6. The molecule has 0 fully saturated rings. The van der Waals surface area contributed by atoms with Gasteiger partial charge in [-0.2, -0.15) is 0 Å². The zero-order valence-corrected chi connectivity index (χ0v) is 18.2. The quantitative estimate of drug-likeness (QED) is 0.244. The highest BCUT2D eigenvalue weighted by Gasteiger charge is 2.03. The van der Waals surface area contributed by atoms with Crippen molar-refractivity contribution in [2.24, 2.45) is 0 Å². The van der Waals surface area contributed by atoms with Crippen LogP contribution in [0, 0.1) is 0 Å². The third-order valence-electron chi connectivity index (χ3n) is 1.44. The fourth-order valence-corrected chi connectivity index (χ4v) is 5.69. The van der Waals surface area contributed by atoms with Gasteiger partial charge >= 0.3 is 60.0 Å². The van der Waals surface area contributed by atoms with Gasteiger partial charge in [0.1, 0.15) is 0 Å². The second-order valence-corrected chi connectivity index (χ2v) is 10.2. The van der Waals surface area contributed by atoms with Crippen molar-refractivity contribution in [1.29, 1.82) is 0 Å². The maximum absolute atomic E-state index is 5.37. The molecule has 0 spiro atoms. The molecule has 15 heteroatoms. The fourth-order valence-electron chi connectivity index (χ4n) is 0.796. The smallest absolute Gasteiger partial charge is 0.412 e. The lowest BCUT2D eigenvalue weighted by molar-refractivity contribution is 0.372. The summed E-state index contributed by atoms with van der Waals surface area (Å²) in [4.78, 5) is 0. The molecule has 0 heterocycles. The Morgan fingerprint density at radius 3 is 1.62 bits per heavy atom. The maximum atomic E-state index is 5.37. The first-order valence-corrected chi connectivity index (χ1v) is 11.2. The number of hydrogen-bond acceptors (Lipinski definition) is 7. The Balaban J connectivity index is 1.75. The SMILES string of the molecule is [Si]O[Si]O[Si]O[Si]O[Si]O[Si]O[Si]O[Si]c1ccccc1. The molecule has 0 bridgehead atoms. The molecular weight excluding hydrogens is 409 g/mol. The molecule has 1 aromatic carbocycles. The number of benzene rings is 1. The van der Waals surface area contributed by atoms with E-state index in [9.17, 15) is 0 Å². The molecule has 0 saturated heterocycles. The van der Waals surface area contributed by atoms with Gasteiger partial charge in [-0.3, -0.25) is 0 Å². The summed E-state index contributed by atoms with van der Waals surface area (Å²) in [5.41, 5.74) is 0. The minimum absolute atomic E-state index is 0.0469. The second kappa shape index (κ2) is 15.6. The van der Waals surface area contributed by atoms with Crippen molar-refractivity contribution in [3.8, 4) is 0 Å². The van der Waals surface area contributed by atoms with Crippen LogP contribution in [0.3, 0.4) is 0 Å². The van der Waals surface area contributed by atoms with E-state index in [0.29, 0.717) is 0 Å². The summed E-state index contributed by atoms with van der Waals surface area (Å²) in [7, 11) is 2.44. The molecule has 21 heavy (non-hydrogen) atoms. The van der Waals surface area contributed by atoms with Crippen LogP contribution in [0.2, 0.25) is 0 Å². The Bertz CT molecular complexity index is 334. The molecule has 0 saturated carbocycles. The third kappa shape index (κ3) is 12.9. The molecule has 7 nitrogen and oxygen atoms in total. The van der Waals surface area contributed by atoms with Crippen LogP contribution in [-0.2, 0) is 28.8 Å². The Labute approximate surface area is 144 Å². The van der Waals surface area contributed by atoms with Gasteiger partial charge in [0, 0.05) is 0 Å². The van der Waals surface area contributed by atoms with Crippen LogP contribution >= 0.6 is 0 Å². The molecule has 0 aromatic heterocycles. The summed E-state index contributed by atoms with van der Waals surface area (Å²) in [5.74, 6) is 0. The number of rotatable bonds is 14. The normalized spacial score (nSPS) is 10.9. The van der Waals surface area contributed by atoms with Crippen LogP contribution < -0.4 is 5.19 Å². The van der Waals surface area contributed by atoms with Gasteiger partial charge in [0.15, 0.2) is 0 Å². The summed E-state index contributed by atoms with van der Waals surface area (Å²) >= 11 is 0. The summed E-state index contributed by atoms with van der Waals surface area (Å²) in [6.07, 6.45) is 0. The Morgan fingerprint density at radius 1 is 0.619 bits per heavy atom. The Hall–Kier alpha value is 0.675. The van der Waals surface area contributed by atoms with E-state index in [1.165, 1.54) is 0 Å². The van der Waals surface area contributed by atoms with Gasteiger partial charge in [0.2, 0.25) is 10.5 Å². The van der Waals surface area contributed by atoms with Gasteiger partial charge < -0.3 is 28.8 Å². The van der Waals surface area contributed by atoms with Crippen molar-refractivity contribution in [2.45, 2.75) is 0 Å². The van der Waals surface area contributed by atoms with Crippen LogP contribution in [-0.4, -0.2) is 80.3 Å². The molecule has 0 aliphatic rings. The average Bonchev–Trinajstić information content (AvgIpc) is 2.53. The Morgan fingerprint density at radius 2 is 1.10 bits per heavy atom. The van der Waals surface area contributed by atoms with Gasteiger partial charge in [-0.1, -0.05) is 30.3 Å². The van der Waals surface area contributed by atoms with Crippen molar-refractivity contribution >= 4 is 85.5 Å². The van der Waals surface area contributed by atoms with E-state index in [1.807, 2.05) is 30.3 Å². The fraction of sp³-hybridized carbons (Fsp3) is 0. The lowest BCUT2D eigenvalue weighted by atomic mass is 10.4. The first-order valence-electron chi connectivity index (χ1n) is 5.02. The molecule has 0 amide bonds. The van der Waals surface area contributed by atoms with Crippen molar-refractivity contribution < 1.29 is 28.8 Å². The van der Waals surface area contributed by atoms with Crippen LogP contribution in [0.15, 0.2) is 30.3 Å². The largest absolute Gasteiger partial charge is 0.435 e. The standard InChI is InChI=1S/C6H5O7Si8/c14-7-16-9-18-11-20-13-21-12-19-10-17-8-15-6-4-2-1-3-5-6/h1-5H. The van der Waals surface area contributed by atoms with E-state index in [-0.39, 0.29) is 69.8 Å². The van der Waals surface area contributed by atoms with Crippen molar-refractivity contribution in [1.82, 2.24) is 0 Å². The lowest BCUT2D eigenvalue weighted by Gasteiger charge is -2.02. The first-order chi connectivity index (χ1) is 10.4. The highest BCUT2D eigenvalue weighted by molar-refractivity contribution is 6.54. The van der Waals surface area contributed by atoms with E-state index in [0.717, 1.165) is 5.19 Å². The zero-order valence-electron chi connectivity index (χ0n) is 10.2. The molecule has 0 N–H and O–H groups in total. The van der Waals surface area contributed by atoms with E-state index in [2.05, 4.69) is 14.6 Å². The first kappa shape index (κ1) is 19.7. The third-order valence-corrected chi connectivity index (χ3v) is 6.42. The van der Waals surface area contributed by atoms with E-state index >= 15 is 0 Å². The topological polar surface area (TPSA) is 64.6 Å². The number of hydrogen-bond donors (Lipinski definition) is 0. The molecule has 1 aromatic rings. The molecule has 17 radical (unpaired) electrons. The van der Waals surface area contributed by atoms with Crippen LogP contribution in [0.5, 0.6) is 0 Å². The van der Waals surface area contributed by atoms with Crippen LogP contribution in [0.25, 0.3) is 0 Å². The summed E-state index contributed by atoms with van der Waals surface area (Å²) in [6, 6.07) is 9.93. The lowest BCUT2D eigenvalue weighted by Crippen LogP contribution is -2.23. The molecule has 103 valence electrons. The monoisotopic (exact) mass is 413 g/mol. The average molecular weight is 414 g/mol. The zero-order chi connectivity index (χ0) is 15.0. The predicted molar refractivity (Wildman–Crippen MR) is 79.7 cm³/mol. The molecule has 0 atom stereocenters. The van der Waals surface area contributed by atoms with Crippen molar-refractivity contribution in [3.63, 3.8) is 0 Å². The van der Waals surface area contributed by atoms with Crippen molar-refractivity contribution in [3.05, 3.63) is 30.3 Å². The van der Waals surface area contributed by atoms with Crippen LogP contribution in [0.4, 0.5) is 0 Å². The molecular formula is C6H5O7Si8. The van der Waals surface area contributed by atoms with E-state index in [1.54, 1.807) is 0 Å². The van der Waals surface area contributed by atoms with Gasteiger partial charge in [-0.15, -0.1) is 0 Å². The maximum Gasteiger partial charge on any atom is 0.412 e. The molecule has 0 aliphatic carbocycles. The summed E-state index contributed by atoms with van der Waals surface area (Å²) in [5, 5.41) is 1.13. The summed E-state index contributed by atoms with van der Waals surface area (Å²) in [6.45, 7) is 0. The second-order valence-electron chi connectivity index (χ2n) is 2.68. The summed E-state index contributed by atoms with van der Waals surface area (Å²) < 4.78 is 35.2. The van der Waals surface area contributed by atoms with Gasteiger partial charge in [0.05, 0.1) is 0 Å². The van der Waals surface area contributed by atoms with Gasteiger partial charge in [-0.05, 0) is 5.19 Å². The highest BCUT2D eigenvalue weighted by atomic mass is 28.4. The highest BCUT2D eigenvalue weighted by Crippen LogP contribution is 1.82. The van der Waals surface area contributed by atoms with Crippen molar-refractivity contribution in [2.75, 3.05) is 0 Å². The van der Waals surface area contributed by atoms with Gasteiger partial charge in [0.25, 0.3) is 9.76 Å². The molecule has 0 aliphatic heterocycles. The minimum Gasteiger partial charge on any atom is -0.435 e. The van der Waals surface area contributed by atoms with Gasteiger partial charge in [-0.25, -0.2) is 0 Å². The van der Waals surface area contributed by atoms with E-state index in [4.69, 9.17) is 24.7 Å².